The molecule has 3 aromatic heterocycles. The van der Waals surface area contributed by atoms with Crippen LogP contribution in [0.15, 0.2) is 23.8 Å². The second-order valence-electron chi connectivity index (χ2n) is 5.36. The molecular weight excluding hydrogens is 312 g/mol. The van der Waals surface area contributed by atoms with E-state index in [4.69, 9.17) is 4.74 Å². The Morgan fingerprint density at radius 3 is 3.04 bits per heavy atom. The number of anilines is 1. The number of aromatic amines is 1. The largest absolute Gasteiger partial charge is 0.379 e. The second kappa shape index (κ2) is 6.61. The molecule has 0 saturated carbocycles. The Bertz CT molecular complexity index is 765. The zero-order valence-corrected chi connectivity index (χ0v) is 13.5. The number of hydrogen-bond acceptors (Lipinski definition) is 7. The van der Waals surface area contributed by atoms with Crippen molar-refractivity contribution >= 4 is 28.3 Å². The van der Waals surface area contributed by atoms with Crippen LogP contribution < -0.4 is 5.32 Å². The van der Waals surface area contributed by atoms with Gasteiger partial charge in [0.15, 0.2) is 17.3 Å². The number of imidazole rings is 1. The van der Waals surface area contributed by atoms with Gasteiger partial charge in [-0.25, -0.2) is 15.0 Å². The van der Waals surface area contributed by atoms with Crippen molar-refractivity contribution in [3.63, 3.8) is 0 Å². The van der Waals surface area contributed by atoms with Crippen molar-refractivity contribution in [2.24, 2.45) is 0 Å². The van der Waals surface area contributed by atoms with Crippen LogP contribution in [0.1, 0.15) is 0 Å². The normalized spacial score (nSPS) is 16.0. The van der Waals surface area contributed by atoms with Crippen molar-refractivity contribution in [3.8, 4) is 10.7 Å². The Hall–Kier alpha value is -2.03. The molecule has 1 saturated heterocycles. The number of nitrogens with one attached hydrogen (secondary N) is 2. The molecule has 4 rings (SSSR count). The summed E-state index contributed by atoms with van der Waals surface area (Å²) >= 11 is 1.65. The minimum atomic E-state index is 0.692. The highest BCUT2D eigenvalue weighted by Gasteiger charge is 2.13. The maximum Gasteiger partial charge on any atom is 0.183 e. The summed E-state index contributed by atoms with van der Waals surface area (Å²) in [7, 11) is 0. The van der Waals surface area contributed by atoms with Crippen molar-refractivity contribution in [1.82, 2.24) is 24.8 Å². The van der Waals surface area contributed by atoms with E-state index in [0.717, 1.165) is 61.4 Å². The average Bonchev–Trinajstić information content (AvgIpc) is 3.25. The fourth-order valence-corrected chi connectivity index (χ4v) is 3.32. The van der Waals surface area contributed by atoms with E-state index in [1.54, 1.807) is 17.7 Å². The number of hydrogen-bond donors (Lipinski definition) is 2. The molecule has 0 spiro atoms. The molecule has 0 bridgehead atoms. The first kappa shape index (κ1) is 14.6. The molecule has 1 aliphatic heterocycles. The average molecular weight is 330 g/mol. The summed E-state index contributed by atoms with van der Waals surface area (Å²) in [6.07, 6.45) is 1.55. The summed E-state index contributed by atoms with van der Waals surface area (Å²) in [6.45, 7) is 5.44. The number of H-pyrrole nitrogens is 1. The maximum absolute atomic E-state index is 5.37. The first-order valence-electron chi connectivity index (χ1n) is 7.69. The van der Waals surface area contributed by atoms with E-state index >= 15 is 0 Å². The van der Waals surface area contributed by atoms with Crippen LogP contribution >= 0.6 is 11.3 Å². The summed E-state index contributed by atoms with van der Waals surface area (Å²) in [5, 5.41) is 5.43. The summed E-state index contributed by atoms with van der Waals surface area (Å²) in [5.41, 5.74) is 1.55. The second-order valence-corrected chi connectivity index (χ2v) is 6.31. The van der Waals surface area contributed by atoms with Crippen LogP contribution in [0.4, 0.5) is 5.82 Å². The van der Waals surface area contributed by atoms with E-state index in [2.05, 4.69) is 30.2 Å². The van der Waals surface area contributed by atoms with E-state index < -0.39 is 0 Å². The molecule has 120 valence electrons. The summed E-state index contributed by atoms with van der Waals surface area (Å²) in [6, 6.07) is 4.06. The lowest BCUT2D eigenvalue weighted by Gasteiger charge is -2.26. The Morgan fingerprint density at radius 1 is 1.30 bits per heavy atom. The Labute approximate surface area is 137 Å². The van der Waals surface area contributed by atoms with Gasteiger partial charge in [0.05, 0.1) is 18.1 Å². The molecule has 1 aliphatic rings. The molecule has 0 radical (unpaired) electrons. The van der Waals surface area contributed by atoms with Gasteiger partial charge in [-0.1, -0.05) is 6.07 Å². The third kappa shape index (κ3) is 3.19. The lowest BCUT2D eigenvalue weighted by molar-refractivity contribution is 0.0398. The molecular formula is C15H18N6OS. The van der Waals surface area contributed by atoms with Crippen LogP contribution in [0.5, 0.6) is 0 Å². The first-order valence-corrected chi connectivity index (χ1v) is 8.57. The molecule has 0 amide bonds. The monoisotopic (exact) mass is 330 g/mol. The van der Waals surface area contributed by atoms with Gasteiger partial charge in [-0.2, -0.15) is 0 Å². The predicted octanol–water partition coefficient (Wildman–Crippen LogP) is 1.83. The Morgan fingerprint density at radius 2 is 2.22 bits per heavy atom. The number of nitrogens with zero attached hydrogens (tertiary/aromatic N) is 4. The molecule has 3 aromatic rings. The number of thiophene rings is 1. The van der Waals surface area contributed by atoms with E-state index in [0.29, 0.717) is 5.65 Å². The number of rotatable bonds is 5. The summed E-state index contributed by atoms with van der Waals surface area (Å²) < 4.78 is 5.37. The van der Waals surface area contributed by atoms with Crippen molar-refractivity contribution in [3.05, 3.63) is 23.8 Å². The highest BCUT2D eigenvalue weighted by molar-refractivity contribution is 7.13. The molecule has 0 unspecified atom stereocenters. The topological polar surface area (TPSA) is 79.0 Å². The quantitative estimate of drug-likeness (QED) is 0.743. The van der Waals surface area contributed by atoms with Gasteiger partial charge in [0, 0.05) is 26.2 Å². The predicted molar refractivity (Wildman–Crippen MR) is 90.7 cm³/mol. The van der Waals surface area contributed by atoms with E-state index in [9.17, 15) is 0 Å². The SMILES string of the molecule is c1csc(-c2nc3ncnc(NCCN4CCOCC4)c3[nH]2)c1. The van der Waals surface area contributed by atoms with Crippen molar-refractivity contribution in [2.45, 2.75) is 0 Å². The van der Waals surface area contributed by atoms with Crippen molar-refractivity contribution in [1.29, 1.82) is 0 Å². The molecule has 2 N–H and O–H groups in total. The van der Waals surface area contributed by atoms with Gasteiger partial charge in [0.2, 0.25) is 0 Å². The zero-order chi connectivity index (χ0) is 15.5. The molecule has 4 heterocycles. The van der Waals surface area contributed by atoms with Gasteiger partial charge in [0.25, 0.3) is 0 Å². The molecule has 0 aromatic carbocycles. The molecule has 8 heteroatoms. The highest BCUT2D eigenvalue weighted by Crippen LogP contribution is 2.25. The van der Waals surface area contributed by atoms with Crippen LogP contribution in [0.25, 0.3) is 21.9 Å². The lowest BCUT2D eigenvalue weighted by atomic mass is 10.4. The van der Waals surface area contributed by atoms with E-state index in [1.807, 2.05) is 17.5 Å². The minimum absolute atomic E-state index is 0.692. The van der Waals surface area contributed by atoms with Crippen LogP contribution in [0.2, 0.25) is 0 Å². The fourth-order valence-electron chi connectivity index (χ4n) is 2.65. The van der Waals surface area contributed by atoms with E-state index in [1.165, 1.54) is 0 Å². The van der Waals surface area contributed by atoms with Gasteiger partial charge in [-0.3, -0.25) is 4.90 Å². The lowest BCUT2D eigenvalue weighted by Crippen LogP contribution is -2.39. The third-order valence-corrected chi connectivity index (χ3v) is 4.74. The van der Waals surface area contributed by atoms with Gasteiger partial charge in [0.1, 0.15) is 11.8 Å². The first-order chi connectivity index (χ1) is 11.4. The fraction of sp³-hybridized carbons (Fsp3) is 0.400. The smallest absolute Gasteiger partial charge is 0.183 e. The number of aromatic nitrogens is 4. The number of fused-ring (bicyclic) bond motifs is 1. The van der Waals surface area contributed by atoms with Crippen LogP contribution in [0.3, 0.4) is 0 Å². The van der Waals surface area contributed by atoms with Crippen LogP contribution in [-0.2, 0) is 4.74 Å². The minimum Gasteiger partial charge on any atom is -0.379 e. The van der Waals surface area contributed by atoms with Crippen molar-refractivity contribution < 1.29 is 4.74 Å². The Balaban J connectivity index is 1.48. The standard InChI is InChI=1S/C15H18N6OS/c1-2-11(23-9-1)13-19-12-14(17-10-18-15(12)20-13)16-3-4-21-5-7-22-8-6-21/h1-2,9-10H,3-8H2,(H2,16,17,18,19,20). The van der Waals surface area contributed by atoms with Crippen LogP contribution in [-0.4, -0.2) is 64.2 Å². The van der Waals surface area contributed by atoms with Gasteiger partial charge < -0.3 is 15.0 Å². The van der Waals surface area contributed by atoms with Crippen LogP contribution in [0, 0.1) is 0 Å². The molecule has 0 atom stereocenters. The number of morpholine rings is 1. The Kier molecular flexibility index (Phi) is 4.18. The third-order valence-electron chi connectivity index (χ3n) is 3.87. The van der Waals surface area contributed by atoms with Gasteiger partial charge in [-0.05, 0) is 11.4 Å². The van der Waals surface area contributed by atoms with E-state index in [-0.39, 0.29) is 0 Å². The number of ether oxygens (including phenoxy) is 1. The maximum atomic E-state index is 5.37. The van der Waals surface area contributed by atoms with Crippen molar-refractivity contribution in [2.75, 3.05) is 44.7 Å². The highest BCUT2D eigenvalue weighted by atomic mass is 32.1. The molecule has 23 heavy (non-hydrogen) atoms. The molecule has 0 aliphatic carbocycles. The molecule has 1 fully saturated rings. The zero-order valence-electron chi connectivity index (χ0n) is 12.7. The summed E-state index contributed by atoms with van der Waals surface area (Å²) in [5.74, 6) is 1.64. The van der Waals surface area contributed by atoms with Gasteiger partial charge in [-0.15, -0.1) is 11.3 Å². The molecule has 7 nitrogen and oxygen atoms in total. The summed E-state index contributed by atoms with van der Waals surface area (Å²) in [4.78, 5) is 20.0. The van der Waals surface area contributed by atoms with Gasteiger partial charge >= 0.3 is 0 Å².